The number of hydrogen-bond acceptors (Lipinski definition) is 4. The first kappa shape index (κ1) is 24.6. The minimum absolute atomic E-state index is 0.0576. The Morgan fingerprint density at radius 1 is 1.12 bits per heavy atom. The molecule has 3 rings (SSSR count). The van der Waals surface area contributed by atoms with Crippen LogP contribution in [0.3, 0.4) is 0 Å². The second kappa shape index (κ2) is 11.2. The van der Waals surface area contributed by atoms with E-state index in [1.54, 1.807) is 17.9 Å². The number of likely N-dealkylation sites (tertiary alicyclic amines) is 1. The summed E-state index contributed by atoms with van der Waals surface area (Å²) in [5, 5.41) is 0.232. The third-order valence-electron chi connectivity index (χ3n) is 5.84. The van der Waals surface area contributed by atoms with Crippen molar-refractivity contribution < 1.29 is 17.9 Å². The van der Waals surface area contributed by atoms with Crippen LogP contribution in [0, 0.1) is 5.92 Å². The Kier molecular flexibility index (Phi) is 8.57. The van der Waals surface area contributed by atoms with Crippen LogP contribution in [0.15, 0.2) is 53.4 Å². The monoisotopic (exact) mass is 478 g/mol. The fourth-order valence-corrected chi connectivity index (χ4v) is 5.74. The standard InChI is InChI=1S/C24H31ClN2O4S/c1-3-27(32(29,30)21-10-11-23(31-4-2)22(25)17-21)18-24(28)26-14-12-20(13-15-26)16-19-8-6-5-7-9-19/h5-11,17,20H,3-4,12-16,18H2,1-2H3. The molecule has 1 fully saturated rings. The van der Waals surface area contributed by atoms with E-state index < -0.39 is 10.0 Å². The topological polar surface area (TPSA) is 66.9 Å². The Bertz CT molecular complexity index is 1010. The van der Waals surface area contributed by atoms with Crippen molar-refractivity contribution in [2.75, 3.05) is 32.8 Å². The minimum Gasteiger partial charge on any atom is -0.492 e. The molecular formula is C24H31ClN2O4S. The van der Waals surface area contributed by atoms with E-state index in [0.717, 1.165) is 19.3 Å². The number of piperidine rings is 1. The Balaban J connectivity index is 1.60. The summed E-state index contributed by atoms with van der Waals surface area (Å²) in [6, 6.07) is 14.8. The Hall–Kier alpha value is -2.09. The largest absolute Gasteiger partial charge is 0.492 e. The summed E-state index contributed by atoms with van der Waals surface area (Å²) in [7, 11) is -3.84. The molecule has 0 unspecified atom stereocenters. The molecule has 2 aromatic rings. The van der Waals surface area contributed by atoms with Gasteiger partial charge in [-0.05, 0) is 55.9 Å². The Labute approximate surface area is 196 Å². The second-order valence-electron chi connectivity index (χ2n) is 7.97. The average Bonchev–Trinajstić information content (AvgIpc) is 2.79. The number of ether oxygens (including phenoxy) is 1. The lowest BCUT2D eigenvalue weighted by Gasteiger charge is -2.33. The van der Waals surface area contributed by atoms with Gasteiger partial charge < -0.3 is 9.64 Å². The van der Waals surface area contributed by atoms with Gasteiger partial charge in [0.1, 0.15) is 5.75 Å². The van der Waals surface area contributed by atoms with Crippen molar-refractivity contribution in [2.45, 2.75) is 38.0 Å². The number of rotatable bonds is 9. The van der Waals surface area contributed by atoms with Crippen LogP contribution in [-0.2, 0) is 21.2 Å². The van der Waals surface area contributed by atoms with Gasteiger partial charge in [-0.1, -0.05) is 48.9 Å². The molecule has 1 amide bonds. The number of nitrogens with zero attached hydrogens (tertiary/aromatic N) is 2. The second-order valence-corrected chi connectivity index (χ2v) is 10.3. The third kappa shape index (κ3) is 6.03. The molecule has 8 heteroatoms. The van der Waals surface area contributed by atoms with E-state index in [0.29, 0.717) is 31.4 Å². The van der Waals surface area contributed by atoms with E-state index in [9.17, 15) is 13.2 Å². The summed E-state index contributed by atoms with van der Waals surface area (Å²) in [6.45, 7) is 5.33. The van der Waals surface area contributed by atoms with Crippen LogP contribution in [0.2, 0.25) is 5.02 Å². The predicted molar refractivity (Wildman–Crippen MR) is 127 cm³/mol. The first-order valence-electron chi connectivity index (χ1n) is 11.1. The molecule has 0 N–H and O–H groups in total. The van der Waals surface area contributed by atoms with Crippen LogP contribution in [0.1, 0.15) is 32.3 Å². The molecule has 1 aliphatic rings. The van der Waals surface area contributed by atoms with Crippen LogP contribution in [0.4, 0.5) is 0 Å². The zero-order valence-corrected chi connectivity index (χ0v) is 20.2. The molecule has 0 radical (unpaired) electrons. The van der Waals surface area contributed by atoms with Crippen molar-refractivity contribution in [2.24, 2.45) is 5.92 Å². The average molecular weight is 479 g/mol. The molecule has 0 aromatic heterocycles. The van der Waals surface area contributed by atoms with Gasteiger partial charge in [0.05, 0.1) is 23.1 Å². The molecule has 0 spiro atoms. The highest BCUT2D eigenvalue weighted by Crippen LogP contribution is 2.29. The molecule has 1 saturated heterocycles. The molecule has 0 aliphatic carbocycles. The van der Waals surface area contributed by atoms with Gasteiger partial charge in [-0.25, -0.2) is 8.42 Å². The van der Waals surface area contributed by atoms with Crippen LogP contribution >= 0.6 is 11.6 Å². The fraction of sp³-hybridized carbons (Fsp3) is 0.458. The highest BCUT2D eigenvalue weighted by atomic mass is 35.5. The number of sulfonamides is 1. The molecule has 0 bridgehead atoms. The molecule has 1 aliphatic heterocycles. The van der Waals surface area contributed by atoms with Crippen molar-refractivity contribution in [1.82, 2.24) is 9.21 Å². The van der Waals surface area contributed by atoms with Gasteiger partial charge in [0, 0.05) is 19.6 Å². The quantitative estimate of drug-likeness (QED) is 0.541. The van der Waals surface area contributed by atoms with Gasteiger partial charge in [0.25, 0.3) is 0 Å². The maximum atomic E-state index is 13.1. The number of carbonyl (C=O) groups is 1. The zero-order valence-electron chi connectivity index (χ0n) is 18.7. The van der Waals surface area contributed by atoms with Crippen LogP contribution in [-0.4, -0.2) is 56.3 Å². The molecule has 0 atom stereocenters. The molecule has 174 valence electrons. The summed E-state index contributed by atoms with van der Waals surface area (Å²) in [5.41, 5.74) is 1.31. The molecular weight excluding hydrogens is 448 g/mol. The van der Waals surface area contributed by atoms with E-state index >= 15 is 0 Å². The van der Waals surface area contributed by atoms with Crippen molar-refractivity contribution in [3.05, 3.63) is 59.1 Å². The molecule has 0 saturated carbocycles. The summed E-state index contributed by atoms with van der Waals surface area (Å²) in [4.78, 5) is 14.7. The van der Waals surface area contributed by atoms with E-state index in [4.69, 9.17) is 16.3 Å². The number of benzene rings is 2. The molecule has 2 aromatic carbocycles. The van der Waals surface area contributed by atoms with Gasteiger partial charge in [-0.2, -0.15) is 4.31 Å². The molecule has 1 heterocycles. The van der Waals surface area contributed by atoms with E-state index in [1.165, 1.54) is 22.0 Å². The zero-order chi connectivity index (χ0) is 23.1. The normalized spacial score (nSPS) is 15.2. The summed E-state index contributed by atoms with van der Waals surface area (Å²) >= 11 is 6.18. The van der Waals surface area contributed by atoms with Gasteiger partial charge in [0.15, 0.2) is 0 Å². The lowest BCUT2D eigenvalue weighted by Crippen LogP contribution is -2.45. The summed E-state index contributed by atoms with van der Waals surface area (Å²) in [6.07, 6.45) is 2.86. The Morgan fingerprint density at radius 2 is 1.81 bits per heavy atom. The van der Waals surface area contributed by atoms with Crippen molar-refractivity contribution in [1.29, 1.82) is 0 Å². The highest BCUT2D eigenvalue weighted by molar-refractivity contribution is 7.89. The summed E-state index contributed by atoms with van der Waals surface area (Å²) < 4.78 is 32.8. The van der Waals surface area contributed by atoms with Gasteiger partial charge in [0.2, 0.25) is 15.9 Å². The van der Waals surface area contributed by atoms with Crippen molar-refractivity contribution in [3.63, 3.8) is 0 Å². The van der Waals surface area contributed by atoms with E-state index in [2.05, 4.69) is 12.1 Å². The Morgan fingerprint density at radius 3 is 2.41 bits per heavy atom. The molecule has 32 heavy (non-hydrogen) atoms. The van der Waals surface area contributed by atoms with E-state index in [1.807, 2.05) is 25.1 Å². The van der Waals surface area contributed by atoms with Gasteiger partial charge in [-0.3, -0.25) is 4.79 Å². The number of likely N-dealkylation sites (N-methyl/N-ethyl adjacent to an activating group) is 1. The number of carbonyl (C=O) groups excluding carboxylic acids is 1. The predicted octanol–water partition coefficient (Wildman–Crippen LogP) is 4.23. The maximum Gasteiger partial charge on any atom is 0.243 e. The van der Waals surface area contributed by atoms with Crippen LogP contribution < -0.4 is 4.74 Å². The fourth-order valence-electron chi connectivity index (χ4n) is 4.02. The number of halogens is 1. The maximum absolute atomic E-state index is 13.1. The van der Waals surface area contributed by atoms with Crippen molar-refractivity contribution >= 4 is 27.5 Å². The van der Waals surface area contributed by atoms with Crippen LogP contribution in [0.25, 0.3) is 0 Å². The van der Waals surface area contributed by atoms with Gasteiger partial charge >= 0.3 is 0 Å². The van der Waals surface area contributed by atoms with Crippen molar-refractivity contribution in [3.8, 4) is 5.75 Å². The lowest BCUT2D eigenvalue weighted by molar-refractivity contribution is -0.132. The number of amides is 1. The van der Waals surface area contributed by atoms with Gasteiger partial charge in [-0.15, -0.1) is 0 Å². The third-order valence-corrected chi connectivity index (χ3v) is 8.05. The van der Waals surface area contributed by atoms with Crippen LogP contribution in [0.5, 0.6) is 5.75 Å². The van der Waals surface area contributed by atoms with E-state index in [-0.39, 0.29) is 28.9 Å². The lowest BCUT2D eigenvalue weighted by atomic mass is 9.90. The smallest absolute Gasteiger partial charge is 0.243 e. The SMILES string of the molecule is CCOc1ccc(S(=O)(=O)N(CC)CC(=O)N2CCC(Cc3ccccc3)CC2)cc1Cl. The highest BCUT2D eigenvalue weighted by Gasteiger charge is 2.29. The number of hydrogen-bond donors (Lipinski definition) is 0. The summed E-state index contributed by atoms with van der Waals surface area (Å²) in [5.74, 6) is 0.815. The minimum atomic E-state index is -3.84. The first-order valence-corrected chi connectivity index (χ1v) is 12.9. The first-order chi connectivity index (χ1) is 15.3. The molecule has 6 nitrogen and oxygen atoms in total.